The Morgan fingerprint density at radius 1 is 0.919 bits per heavy atom. The molecule has 0 N–H and O–H groups in total. The molecule has 9 heteroatoms. The topological polar surface area (TPSA) is 83.3 Å². The molecule has 2 aromatic carbocycles. The first-order chi connectivity index (χ1) is 17.9. The molecule has 1 saturated heterocycles. The molecule has 1 aliphatic heterocycles. The van der Waals surface area contributed by atoms with Gasteiger partial charge >= 0.3 is 0 Å². The third-order valence-electron chi connectivity index (χ3n) is 6.47. The van der Waals surface area contributed by atoms with Crippen molar-refractivity contribution in [1.29, 1.82) is 0 Å². The van der Waals surface area contributed by atoms with Gasteiger partial charge in [-0.3, -0.25) is 9.69 Å². The zero-order valence-electron chi connectivity index (χ0n) is 21.3. The standard InChI is InChI=1S/C28H35N3O5S/c1-24-12-13-26(36-24)22-30(15-14-25-8-4-2-5-9-25)28(32)23-31(17-16-29-18-20-35-21-19-29)37(33,34)27-10-6-3-7-11-27/h2-13H,14-23H2,1H3. The first kappa shape index (κ1) is 27.1. The second-order valence-electron chi connectivity index (χ2n) is 9.17. The van der Waals surface area contributed by atoms with Crippen LogP contribution in [0.3, 0.4) is 0 Å². The molecule has 0 aliphatic carbocycles. The van der Waals surface area contributed by atoms with E-state index in [-0.39, 0.29) is 30.4 Å². The van der Waals surface area contributed by atoms with E-state index in [1.807, 2.05) is 49.4 Å². The molecule has 2 heterocycles. The lowest BCUT2D eigenvalue weighted by molar-refractivity contribution is -0.132. The van der Waals surface area contributed by atoms with Crippen molar-refractivity contribution in [1.82, 2.24) is 14.1 Å². The van der Waals surface area contributed by atoms with Crippen molar-refractivity contribution in [2.45, 2.75) is 24.8 Å². The highest BCUT2D eigenvalue weighted by Gasteiger charge is 2.29. The minimum Gasteiger partial charge on any atom is -0.464 e. The van der Waals surface area contributed by atoms with Crippen molar-refractivity contribution in [2.24, 2.45) is 0 Å². The van der Waals surface area contributed by atoms with Crippen LogP contribution in [0.2, 0.25) is 0 Å². The maximum atomic E-state index is 13.7. The van der Waals surface area contributed by atoms with Gasteiger partial charge in [0.15, 0.2) is 0 Å². The van der Waals surface area contributed by atoms with Crippen molar-refractivity contribution < 1.29 is 22.4 Å². The van der Waals surface area contributed by atoms with Crippen molar-refractivity contribution >= 4 is 15.9 Å². The van der Waals surface area contributed by atoms with Gasteiger partial charge in [0.2, 0.25) is 15.9 Å². The monoisotopic (exact) mass is 525 g/mol. The number of amides is 1. The normalized spacial score (nSPS) is 14.6. The summed E-state index contributed by atoms with van der Waals surface area (Å²) in [5, 5.41) is 0. The van der Waals surface area contributed by atoms with Gasteiger partial charge in [-0.05, 0) is 43.2 Å². The molecule has 3 aromatic rings. The molecular weight excluding hydrogens is 490 g/mol. The van der Waals surface area contributed by atoms with Crippen LogP contribution in [0.4, 0.5) is 0 Å². The van der Waals surface area contributed by atoms with Gasteiger partial charge in [0, 0.05) is 32.7 Å². The largest absolute Gasteiger partial charge is 0.464 e. The summed E-state index contributed by atoms with van der Waals surface area (Å²) in [4.78, 5) is 17.7. The maximum Gasteiger partial charge on any atom is 0.243 e. The highest BCUT2D eigenvalue weighted by Crippen LogP contribution is 2.17. The molecule has 37 heavy (non-hydrogen) atoms. The summed E-state index contributed by atoms with van der Waals surface area (Å²) < 4.78 is 39.7. The average Bonchev–Trinajstić information content (AvgIpc) is 3.34. The fraction of sp³-hybridized carbons (Fsp3) is 0.393. The molecule has 0 atom stereocenters. The fourth-order valence-corrected chi connectivity index (χ4v) is 5.71. The second-order valence-corrected chi connectivity index (χ2v) is 11.1. The van der Waals surface area contributed by atoms with Gasteiger partial charge in [-0.1, -0.05) is 48.5 Å². The van der Waals surface area contributed by atoms with Crippen LogP contribution in [0.5, 0.6) is 0 Å². The van der Waals surface area contributed by atoms with Crippen LogP contribution in [0.25, 0.3) is 0 Å². The number of carbonyl (C=O) groups is 1. The summed E-state index contributed by atoms with van der Waals surface area (Å²) in [7, 11) is -3.86. The second kappa shape index (κ2) is 13.0. The van der Waals surface area contributed by atoms with Gasteiger partial charge < -0.3 is 14.1 Å². The maximum absolute atomic E-state index is 13.7. The molecule has 8 nitrogen and oxygen atoms in total. The lowest BCUT2D eigenvalue weighted by Gasteiger charge is -2.31. The van der Waals surface area contributed by atoms with Crippen molar-refractivity contribution in [3.8, 4) is 0 Å². The summed E-state index contributed by atoms with van der Waals surface area (Å²) in [6.07, 6.45) is 0.658. The van der Waals surface area contributed by atoms with E-state index in [9.17, 15) is 13.2 Å². The highest BCUT2D eigenvalue weighted by atomic mass is 32.2. The molecular formula is C28H35N3O5S. The molecule has 0 radical (unpaired) electrons. The highest BCUT2D eigenvalue weighted by molar-refractivity contribution is 7.89. The molecule has 1 aromatic heterocycles. The minimum atomic E-state index is -3.86. The Morgan fingerprint density at radius 3 is 2.24 bits per heavy atom. The number of sulfonamides is 1. The Balaban J connectivity index is 1.53. The zero-order chi connectivity index (χ0) is 26.1. The predicted molar refractivity (Wildman–Crippen MR) is 141 cm³/mol. The van der Waals surface area contributed by atoms with E-state index in [2.05, 4.69) is 4.90 Å². The average molecular weight is 526 g/mol. The van der Waals surface area contributed by atoms with Crippen molar-refractivity contribution in [3.05, 3.63) is 89.9 Å². The van der Waals surface area contributed by atoms with E-state index in [0.717, 1.165) is 24.4 Å². The summed E-state index contributed by atoms with van der Waals surface area (Å²) in [5.74, 6) is 1.18. The lowest BCUT2D eigenvalue weighted by Crippen LogP contribution is -2.47. The van der Waals surface area contributed by atoms with Crippen LogP contribution in [0.15, 0.2) is 82.1 Å². The molecule has 0 unspecified atom stereocenters. The fourth-order valence-electron chi connectivity index (χ4n) is 4.31. The quantitative estimate of drug-likeness (QED) is 0.361. The van der Waals surface area contributed by atoms with Gasteiger partial charge in [0.05, 0.1) is 31.2 Å². The number of hydrogen-bond donors (Lipinski definition) is 0. The summed E-state index contributed by atoms with van der Waals surface area (Å²) in [6.45, 7) is 5.84. The summed E-state index contributed by atoms with van der Waals surface area (Å²) in [6, 6.07) is 22.0. The van der Waals surface area contributed by atoms with Crippen molar-refractivity contribution in [2.75, 3.05) is 52.5 Å². The predicted octanol–water partition coefficient (Wildman–Crippen LogP) is 3.18. The minimum absolute atomic E-state index is 0.183. The zero-order valence-corrected chi connectivity index (χ0v) is 22.1. The first-order valence-corrected chi connectivity index (χ1v) is 14.1. The van der Waals surface area contributed by atoms with E-state index >= 15 is 0 Å². The van der Waals surface area contributed by atoms with E-state index in [0.29, 0.717) is 38.5 Å². The number of rotatable bonds is 12. The Hall–Kier alpha value is -2.98. The Kier molecular flexibility index (Phi) is 9.51. The van der Waals surface area contributed by atoms with E-state index in [1.165, 1.54) is 4.31 Å². The van der Waals surface area contributed by atoms with E-state index in [4.69, 9.17) is 9.15 Å². The SMILES string of the molecule is Cc1ccc(CN(CCc2ccccc2)C(=O)CN(CCN2CCOCC2)S(=O)(=O)c2ccccc2)o1. The number of nitrogens with zero attached hydrogens (tertiary/aromatic N) is 3. The number of carbonyl (C=O) groups excluding carboxylic acids is 1. The number of morpholine rings is 1. The molecule has 0 saturated carbocycles. The summed E-state index contributed by atoms with van der Waals surface area (Å²) in [5.41, 5.74) is 1.11. The Labute approximate surface area is 219 Å². The van der Waals surface area contributed by atoms with Crippen molar-refractivity contribution in [3.63, 3.8) is 0 Å². The molecule has 198 valence electrons. The van der Waals surface area contributed by atoms with Crippen LogP contribution < -0.4 is 0 Å². The smallest absolute Gasteiger partial charge is 0.243 e. The number of aryl methyl sites for hydroxylation is 1. The molecule has 1 amide bonds. The van der Waals surface area contributed by atoms with E-state index in [1.54, 1.807) is 35.2 Å². The lowest BCUT2D eigenvalue weighted by atomic mass is 10.1. The third kappa shape index (κ3) is 7.75. The van der Waals surface area contributed by atoms with Gasteiger partial charge in [0.25, 0.3) is 0 Å². The van der Waals surface area contributed by atoms with Crippen LogP contribution >= 0.6 is 0 Å². The van der Waals surface area contributed by atoms with Gasteiger partial charge in [-0.25, -0.2) is 8.42 Å². The van der Waals surface area contributed by atoms with Crippen LogP contribution in [0.1, 0.15) is 17.1 Å². The number of benzene rings is 2. The van der Waals surface area contributed by atoms with Crippen LogP contribution in [-0.4, -0.2) is 80.9 Å². The van der Waals surface area contributed by atoms with Crippen LogP contribution in [0, 0.1) is 6.92 Å². The molecule has 4 rings (SSSR count). The van der Waals surface area contributed by atoms with Gasteiger partial charge in [0.1, 0.15) is 11.5 Å². The summed E-state index contributed by atoms with van der Waals surface area (Å²) >= 11 is 0. The number of hydrogen-bond acceptors (Lipinski definition) is 6. The molecule has 1 aliphatic rings. The van der Waals surface area contributed by atoms with Crippen LogP contribution in [-0.2, 0) is 32.5 Å². The number of ether oxygens (including phenoxy) is 1. The molecule has 0 spiro atoms. The Morgan fingerprint density at radius 2 is 1.59 bits per heavy atom. The first-order valence-electron chi connectivity index (χ1n) is 12.6. The third-order valence-corrected chi connectivity index (χ3v) is 8.33. The van der Waals surface area contributed by atoms with Gasteiger partial charge in [-0.15, -0.1) is 0 Å². The Bertz CT molecular complexity index is 1220. The molecule has 0 bridgehead atoms. The number of furan rings is 1. The molecule has 1 fully saturated rings. The van der Waals surface area contributed by atoms with Gasteiger partial charge in [-0.2, -0.15) is 4.31 Å². The van der Waals surface area contributed by atoms with E-state index < -0.39 is 10.0 Å².